The zero-order valence-electron chi connectivity index (χ0n) is 14.7. The fraction of sp³-hybridized carbons (Fsp3) is 0.444. The first kappa shape index (κ1) is 17.3. The van der Waals surface area contributed by atoms with Crippen LogP contribution in [0.25, 0.3) is 0 Å². The van der Waals surface area contributed by atoms with Gasteiger partial charge >= 0.3 is 0 Å². The van der Waals surface area contributed by atoms with Crippen molar-refractivity contribution < 1.29 is 9.47 Å². The quantitative estimate of drug-likeness (QED) is 0.828. The molecule has 0 atom stereocenters. The van der Waals surface area contributed by atoms with Crippen LogP contribution in [0.3, 0.4) is 0 Å². The number of fused-ring (bicyclic) bond motifs is 1. The van der Waals surface area contributed by atoms with Crippen LogP contribution in [-0.4, -0.2) is 34.6 Å². The molecule has 1 aromatic carbocycles. The van der Waals surface area contributed by atoms with Crippen LogP contribution in [0.4, 0.5) is 5.95 Å². The third kappa shape index (κ3) is 3.93. The molecule has 7 heteroatoms. The van der Waals surface area contributed by atoms with E-state index >= 15 is 0 Å². The first-order valence-electron chi connectivity index (χ1n) is 8.59. The lowest BCUT2D eigenvalue weighted by Crippen LogP contribution is -2.35. The van der Waals surface area contributed by atoms with Crippen molar-refractivity contribution in [2.24, 2.45) is 0 Å². The van der Waals surface area contributed by atoms with Gasteiger partial charge in [0.05, 0.1) is 24.5 Å². The Morgan fingerprint density at radius 3 is 2.84 bits per heavy atom. The second kappa shape index (κ2) is 7.57. The first-order valence-corrected chi connectivity index (χ1v) is 8.59. The van der Waals surface area contributed by atoms with E-state index in [1.165, 1.54) is 0 Å². The second-order valence-electron chi connectivity index (χ2n) is 5.97. The van der Waals surface area contributed by atoms with E-state index in [-0.39, 0.29) is 11.5 Å². The maximum Gasteiger partial charge on any atom is 0.257 e. The molecule has 0 fully saturated rings. The average molecular weight is 344 g/mol. The normalized spacial score (nSPS) is 14.2. The van der Waals surface area contributed by atoms with Crippen LogP contribution in [0.1, 0.15) is 30.7 Å². The molecule has 3 rings (SSSR count). The Bertz CT molecular complexity index is 803. The highest BCUT2D eigenvalue weighted by molar-refractivity contribution is 5.41. The molecule has 25 heavy (non-hydrogen) atoms. The third-order valence-electron chi connectivity index (χ3n) is 4.21. The van der Waals surface area contributed by atoms with Crippen molar-refractivity contribution in [3.63, 3.8) is 0 Å². The Morgan fingerprint density at radius 2 is 2.08 bits per heavy atom. The van der Waals surface area contributed by atoms with Crippen molar-refractivity contribution in [3.05, 3.63) is 45.4 Å². The maximum absolute atomic E-state index is 12.1. The van der Waals surface area contributed by atoms with E-state index in [9.17, 15) is 4.79 Å². The zero-order valence-corrected chi connectivity index (χ0v) is 14.7. The van der Waals surface area contributed by atoms with E-state index in [0.717, 1.165) is 29.3 Å². The van der Waals surface area contributed by atoms with E-state index in [1.807, 2.05) is 32.0 Å². The predicted molar refractivity (Wildman–Crippen MR) is 95.9 cm³/mol. The molecule has 0 saturated carbocycles. The van der Waals surface area contributed by atoms with Crippen LogP contribution >= 0.6 is 0 Å². The van der Waals surface area contributed by atoms with Gasteiger partial charge in [-0.1, -0.05) is 6.07 Å². The molecule has 0 unspecified atom stereocenters. The van der Waals surface area contributed by atoms with E-state index in [4.69, 9.17) is 15.2 Å². The molecule has 1 aliphatic rings. The summed E-state index contributed by atoms with van der Waals surface area (Å²) < 4.78 is 11.3. The molecular formula is C18H24N4O3. The summed E-state index contributed by atoms with van der Waals surface area (Å²) >= 11 is 0. The number of nitrogens with zero attached hydrogens (tertiary/aromatic N) is 2. The highest BCUT2D eigenvalue weighted by Gasteiger charge is 2.22. The van der Waals surface area contributed by atoms with Gasteiger partial charge in [-0.3, -0.25) is 14.7 Å². The lowest BCUT2D eigenvalue weighted by atomic mass is 10.1. The van der Waals surface area contributed by atoms with Crippen molar-refractivity contribution in [3.8, 4) is 11.5 Å². The SMILES string of the molecule is CCOc1ccc(CN2CCc3nc(N)[nH]c(=O)c3C2)c(OCC)c1. The molecule has 2 heterocycles. The van der Waals surface area contributed by atoms with E-state index in [1.54, 1.807) is 0 Å². The Hall–Kier alpha value is -2.54. The fourth-order valence-corrected chi connectivity index (χ4v) is 3.09. The minimum atomic E-state index is -0.149. The number of rotatable bonds is 6. The molecule has 0 aliphatic carbocycles. The summed E-state index contributed by atoms with van der Waals surface area (Å²) in [5.74, 6) is 1.81. The molecule has 0 amide bonds. The Kier molecular flexibility index (Phi) is 5.23. The van der Waals surface area contributed by atoms with Crippen LogP contribution in [0, 0.1) is 0 Å². The molecule has 1 aliphatic heterocycles. The van der Waals surface area contributed by atoms with E-state index in [2.05, 4.69) is 14.9 Å². The van der Waals surface area contributed by atoms with Crippen molar-refractivity contribution in [1.29, 1.82) is 0 Å². The van der Waals surface area contributed by atoms with Gasteiger partial charge in [0, 0.05) is 37.7 Å². The largest absolute Gasteiger partial charge is 0.494 e. The summed E-state index contributed by atoms with van der Waals surface area (Å²) in [6.07, 6.45) is 0.713. The molecular weight excluding hydrogens is 320 g/mol. The van der Waals surface area contributed by atoms with Gasteiger partial charge in [-0.25, -0.2) is 4.98 Å². The minimum Gasteiger partial charge on any atom is -0.494 e. The van der Waals surface area contributed by atoms with Crippen LogP contribution in [0.15, 0.2) is 23.0 Å². The molecule has 3 N–H and O–H groups in total. The van der Waals surface area contributed by atoms with Crippen LogP contribution in [0.2, 0.25) is 0 Å². The monoisotopic (exact) mass is 344 g/mol. The number of nitrogen functional groups attached to an aromatic ring is 1. The van der Waals surface area contributed by atoms with Crippen molar-refractivity contribution in [2.45, 2.75) is 33.4 Å². The number of hydrogen-bond acceptors (Lipinski definition) is 6. The summed E-state index contributed by atoms with van der Waals surface area (Å²) in [4.78, 5) is 21.2. The highest BCUT2D eigenvalue weighted by atomic mass is 16.5. The number of ether oxygens (including phenoxy) is 2. The molecule has 2 aromatic rings. The highest BCUT2D eigenvalue weighted by Crippen LogP contribution is 2.27. The summed E-state index contributed by atoms with van der Waals surface area (Å²) in [5.41, 5.74) is 8.05. The lowest BCUT2D eigenvalue weighted by Gasteiger charge is -2.28. The average Bonchev–Trinajstić information content (AvgIpc) is 2.58. The Balaban J connectivity index is 1.79. The standard InChI is InChI=1S/C18H24N4O3/c1-3-24-13-6-5-12(16(9-13)25-4-2)10-22-8-7-15-14(11-22)17(23)21-18(19)20-15/h5-6,9H,3-4,7-8,10-11H2,1-2H3,(H3,19,20,21,23). The summed E-state index contributed by atoms with van der Waals surface area (Å²) in [6.45, 7) is 7.20. The van der Waals surface area contributed by atoms with Gasteiger partial charge in [0.1, 0.15) is 11.5 Å². The number of nitrogens with one attached hydrogen (secondary N) is 1. The number of anilines is 1. The number of benzene rings is 1. The predicted octanol–water partition coefficient (Wildman–Crippen LogP) is 1.71. The maximum atomic E-state index is 12.1. The molecule has 134 valence electrons. The minimum absolute atomic E-state index is 0.149. The van der Waals surface area contributed by atoms with Gasteiger partial charge in [-0.05, 0) is 19.9 Å². The molecule has 0 saturated heterocycles. The molecule has 0 bridgehead atoms. The van der Waals surface area contributed by atoms with E-state index < -0.39 is 0 Å². The van der Waals surface area contributed by atoms with Gasteiger partial charge in [0.25, 0.3) is 5.56 Å². The summed E-state index contributed by atoms with van der Waals surface area (Å²) in [6, 6.07) is 5.90. The lowest BCUT2D eigenvalue weighted by molar-refractivity contribution is 0.235. The van der Waals surface area contributed by atoms with Crippen molar-refractivity contribution >= 4 is 5.95 Å². The van der Waals surface area contributed by atoms with E-state index in [0.29, 0.717) is 38.3 Å². The topological polar surface area (TPSA) is 93.5 Å². The number of aromatic nitrogens is 2. The summed E-state index contributed by atoms with van der Waals surface area (Å²) in [5, 5.41) is 0. The number of nitrogens with two attached hydrogens (primary N) is 1. The van der Waals surface area contributed by atoms with Crippen LogP contribution < -0.4 is 20.8 Å². The Labute approximate surface area is 146 Å². The Morgan fingerprint density at radius 1 is 1.28 bits per heavy atom. The van der Waals surface area contributed by atoms with Gasteiger partial charge < -0.3 is 15.2 Å². The van der Waals surface area contributed by atoms with Gasteiger partial charge in [-0.15, -0.1) is 0 Å². The van der Waals surface area contributed by atoms with Crippen molar-refractivity contribution in [1.82, 2.24) is 14.9 Å². The number of hydrogen-bond donors (Lipinski definition) is 2. The van der Waals surface area contributed by atoms with Gasteiger partial charge in [0.15, 0.2) is 0 Å². The van der Waals surface area contributed by atoms with Crippen LogP contribution in [0.5, 0.6) is 11.5 Å². The first-order chi connectivity index (χ1) is 12.1. The smallest absolute Gasteiger partial charge is 0.257 e. The molecule has 0 spiro atoms. The van der Waals surface area contributed by atoms with Crippen LogP contribution in [-0.2, 0) is 19.5 Å². The van der Waals surface area contributed by atoms with Crippen molar-refractivity contribution in [2.75, 3.05) is 25.5 Å². The molecule has 0 radical (unpaired) electrons. The third-order valence-corrected chi connectivity index (χ3v) is 4.21. The molecule has 1 aromatic heterocycles. The zero-order chi connectivity index (χ0) is 17.8. The fourth-order valence-electron chi connectivity index (χ4n) is 3.09. The molecule has 7 nitrogen and oxygen atoms in total. The number of aromatic amines is 1. The summed E-state index contributed by atoms with van der Waals surface area (Å²) in [7, 11) is 0. The number of H-pyrrole nitrogens is 1. The van der Waals surface area contributed by atoms with Gasteiger partial charge in [-0.2, -0.15) is 0 Å². The van der Waals surface area contributed by atoms with Gasteiger partial charge in [0.2, 0.25) is 5.95 Å². The second-order valence-corrected chi connectivity index (χ2v) is 5.97.